The monoisotopic (exact) mass is 392 g/mol. The number of methoxy groups -OCH3 is 1. The third-order valence-corrected chi connectivity index (χ3v) is 4.46. The van der Waals surface area contributed by atoms with E-state index < -0.39 is 0 Å². The van der Waals surface area contributed by atoms with Gasteiger partial charge in [-0.3, -0.25) is 0 Å². The number of nitrogens with one attached hydrogen (secondary N) is 1. The number of hydrogen-bond donors (Lipinski definition) is 2. The number of ether oxygens (including phenoxy) is 3. The van der Waals surface area contributed by atoms with Crippen LogP contribution in [0.15, 0.2) is 29.3 Å². The van der Waals surface area contributed by atoms with Gasteiger partial charge in [-0.2, -0.15) is 0 Å². The molecule has 0 radical (unpaired) electrons. The van der Waals surface area contributed by atoms with Gasteiger partial charge < -0.3 is 30.2 Å². The molecule has 3 N–H and O–H groups in total. The second kappa shape index (κ2) is 12.1. The first kappa shape index (κ1) is 21.8. The summed E-state index contributed by atoms with van der Waals surface area (Å²) in [5, 5.41) is 3.25. The Morgan fingerprint density at radius 3 is 2.82 bits per heavy atom. The molecule has 1 aromatic rings. The van der Waals surface area contributed by atoms with Crippen molar-refractivity contribution in [1.82, 2.24) is 10.2 Å². The first-order valence-electron chi connectivity index (χ1n) is 9.81. The molecule has 8 heteroatoms. The molecule has 0 saturated carbocycles. The molecular formula is C20H32N4O4. The summed E-state index contributed by atoms with van der Waals surface area (Å²) in [6.45, 7) is 5.32. The molecule has 0 atom stereocenters. The van der Waals surface area contributed by atoms with Crippen LogP contribution in [0, 0.1) is 0 Å². The molecule has 28 heavy (non-hydrogen) atoms. The van der Waals surface area contributed by atoms with Crippen molar-refractivity contribution in [3.8, 4) is 5.75 Å². The van der Waals surface area contributed by atoms with Crippen molar-refractivity contribution in [3.63, 3.8) is 0 Å². The lowest BCUT2D eigenvalue weighted by atomic mass is 10.1. The van der Waals surface area contributed by atoms with Gasteiger partial charge in [-0.1, -0.05) is 12.1 Å². The highest BCUT2D eigenvalue weighted by molar-refractivity contribution is 5.78. The van der Waals surface area contributed by atoms with Crippen LogP contribution in [-0.4, -0.2) is 63.0 Å². The number of rotatable bonds is 9. The zero-order chi connectivity index (χ0) is 20.2. The van der Waals surface area contributed by atoms with Crippen molar-refractivity contribution in [2.75, 3.05) is 40.0 Å². The average Bonchev–Trinajstić information content (AvgIpc) is 2.71. The third-order valence-electron chi connectivity index (χ3n) is 4.46. The quantitative estimate of drug-likeness (QED) is 0.379. The van der Waals surface area contributed by atoms with Gasteiger partial charge in [0, 0.05) is 39.3 Å². The van der Waals surface area contributed by atoms with Crippen LogP contribution < -0.4 is 15.8 Å². The average molecular weight is 393 g/mol. The topological polar surface area (TPSA) is 98.4 Å². The Hall–Kier alpha value is -2.48. The van der Waals surface area contributed by atoms with Gasteiger partial charge in [0.1, 0.15) is 5.75 Å². The highest BCUT2D eigenvalue weighted by Gasteiger charge is 2.23. The maximum Gasteiger partial charge on any atom is 0.409 e. The van der Waals surface area contributed by atoms with Crippen molar-refractivity contribution in [3.05, 3.63) is 29.8 Å². The zero-order valence-electron chi connectivity index (χ0n) is 16.9. The van der Waals surface area contributed by atoms with Crippen LogP contribution in [0.25, 0.3) is 0 Å². The molecule has 0 aromatic heterocycles. The van der Waals surface area contributed by atoms with Gasteiger partial charge in [0.05, 0.1) is 19.8 Å². The number of benzene rings is 1. The lowest BCUT2D eigenvalue weighted by Gasteiger charge is -2.31. The van der Waals surface area contributed by atoms with E-state index in [4.69, 9.17) is 19.9 Å². The predicted molar refractivity (Wildman–Crippen MR) is 109 cm³/mol. The third kappa shape index (κ3) is 7.64. The maximum absolute atomic E-state index is 11.7. The van der Waals surface area contributed by atoms with E-state index in [1.165, 1.54) is 0 Å². The first-order chi connectivity index (χ1) is 13.6. The molecular weight excluding hydrogens is 360 g/mol. The van der Waals surface area contributed by atoms with E-state index in [1.54, 1.807) is 12.0 Å². The summed E-state index contributed by atoms with van der Waals surface area (Å²) in [4.78, 5) is 17.9. The predicted octanol–water partition coefficient (Wildman–Crippen LogP) is 2.13. The Bertz CT molecular complexity index is 630. The number of aliphatic imine (C=N–C) groups is 1. The second-order valence-electron chi connectivity index (χ2n) is 6.65. The molecule has 2 rings (SSSR count). The molecule has 0 aliphatic carbocycles. The largest absolute Gasteiger partial charge is 0.493 e. The van der Waals surface area contributed by atoms with Gasteiger partial charge in [-0.05, 0) is 37.5 Å². The molecule has 0 bridgehead atoms. The molecule has 1 amide bonds. The Morgan fingerprint density at radius 1 is 1.32 bits per heavy atom. The highest BCUT2D eigenvalue weighted by Crippen LogP contribution is 2.15. The molecule has 0 unspecified atom stereocenters. The molecule has 8 nitrogen and oxygen atoms in total. The maximum atomic E-state index is 11.7. The lowest BCUT2D eigenvalue weighted by Crippen LogP contribution is -2.48. The van der Waals surface area contributed by atoms with E-state index in [0.29, 0.717) is 45.4 Å². The molecule has 0 spiro atoms. The van der Waals surface area contributed by atoms with Crippen molar-refractivity contribution in [2.45, 2.75) is 38.8 Å². The minimum Gasteiger partial charge on any atom is -0.493 e. The number of likely N-dealkylation sites (tertiary alicyclic amines) is 1. The summed E-state index contributed by atoms with van der Waals surface area (Å²) < 4.78 is 15.8. The van der Waals surface area contributed by atoms with E-state index in [0.717, 1.165) is 30.6 Å². The molecule has 156 valence electrons. The number of guanidine groups is 1. The number of piperidine rings is 1. The zero-order valence-corrected chi connectivity index (χ0v) is 16.9. The van der Waals surface area contributed by atoms with Crippen LogP contribution >= 0.6 is 0 Å². The molecule has 1 saturated heterocycles. The summed E-state index contributed by atoms with van der Waals surface area (Å²) in [5.41, 5.74) is 7.07. The fraction of sp³-hybridized carbons (Fsp3) is 0.600. The summed E-state index contributed by atoms with van der Waals surface area (Å²) >= 11 is 0. The normalized spacial score (nSPS) is 15.4. The molecule has 1 aliphatic rings. The molecule has 1 heterocycles. The van der Waals surface area contributed by atoms with E-state index in [2.05, 4.69) is 10.3 Å². The van der Waals surface area contributed by atoms with Gasteiger partial charge in [0.25, 0.3) is 0 Å². The minimum absolute atomic E-state index is 0.213. The van der Waals surface area contributed by atoms with Gasteiger partial charge in [-0.25, -0.2) is 9.79 Å². The first-order valence-corrected chi connectivity index (χ1v) is 9.81. The van der Waals surface area contributed by atoms with E-state index in [9.17, 15) is 4.79 Å². The smallest absolute Gasteiger partial charge is 0.409 e. The minimum atomic E-state index is -0.244. The lowest BCUT2D eigenvalue weighted by molar-refractivity contribution is 0.0963. The van der Waals surface area contributed by atoms with Crippen LogP contribution in [-0.2, 0) is 16.0 Å². The Kier molecular flexibility index (Phi) is 9.41. The Morgan fingerprint density at radius 2 is 2.11 bits per heavy atom. The number of carbonyl (C=O) groups excluding carboxylic acids is 1. The van der Waals surface area contributed by atoms with Gasteiger partial charge in [0.15, 0.2) is 5.96 Å². The van der Waals surface area contributed by atoms with Gasteiger partial charge >= 0.3 is 6.09 Å². The number of nitrogens with two attached hydrogens (primary N) is 1. The molecule has 1 fully saturated rings. The summed E-state index contributed by atoms with van der Waals surface area (Å²) in [5.74, 6) is 1.24. The van der Waals surface area contributed by atoms with Crippen LogP contribution in [0.1, 0.15) is 31.7 Å². The fourth-order valence-electron chi connectivity index (χ4n) is 2.98. The Balaban J connectivity index is 1.75. The van der Waals surface area contributed by atoms with Crippen molar-refractivity contribution in [1.29, 1.82) is 0 Å². The van der Waals surface area contributed by atoms with Crippen LogP contribution in [0.4, 0.5) is 4.79 Å². The number of carbonyl (C=O) groups is 1. The molecule has 1 aliphatic heterocycles. The highest BCUT2D eigenvalue weighted by atomic mass is 16.6. The summed E-state index contributed by atoms with van der Waals surface area (Å²) in [6, 6.07) is 8.06. The standard InChI is InChI=1S/C20H32N4O4/c1-3-27-20(25)24-10-8-17(9-11-24)23-19(21)22-15-16-6-4-7-18(14-16)28-13-5-12-26-2/h4,6-7,14,17H,3,5,8-13,15H2,1-2H3,(H3,21,22,23). The Labute approximate surface area is 167 Å². The van der Waals surface area contributed by atoms with Crippen LogP contribution in [0.5, 0.6) is 5.75 Å². The van der Waals surface area contributed by atoms with Crippen LogP contribution in [0.2, 0.25) is 0 Å². The molecule has 1 aromatic carbocycles. The second-order valence-corrected chi connectivity index (χ2v) is 6.65. The van der Waals surface area contributed by atoms with Gasteiger partial charge in [0.2, 0.25) is 0 Å². The van der Waals surface area contributed by atoms with E-state index in [1.807, 2.05) is 31.2 Å². The van der Waals surface area contributed by atoms with E-state index >= 15 is 0 Å². The van der Waals surface area contributed by atoms with Crippen molar-refractivity contribution in [2.24, 2.45) is 10.7 Å². The van der Waals surface area contributed by atoms with Gasteiger partial charge in [-0.15, -0.1) is 0 Å². The number of hydrogen-bond acceptors (Lipinski definition) is 5. The summed E-state index contributed by atoms with van der Waals surface area (Å²) in [7, 11) is 1.68. The fourth-order valence-corrected chi connectivity index (χ4v) is 2.98. The van der Waals surface area contributed by atoms with Crippen molar-refractivity contribution < 1.29 is 19.0 Å². The summed E-state index contributed by atoms with van der Waals surface area (Å²) in [6.07, 6.45) is 2.25. The number of nitrogens with zero attached hydrogens (tertiary/aromatic N) is 2. The van der Waals surface area contributed by atoms with Crippen molar-refractivity contribution >= 4 is 12.1 Å². The van der Waals surface area contributed by atoms with Crippen LogP contribution in [0.3, 0.4) is 0 Å². The number of amides is 1. The van der Waals surface area contributed by atoms with E-state index in [-0.39, 0.29) is 12.1 Å². The SMILES string of the molecule is CCOC(=O)N1CCC(NC(N)=NCc2cccc(OCCCOC)c2)CC1.